The third-order valence-corrected chi connectivity index (χ3v) is 4.23. The summed E-state index contributed by atoms with van der Waals surface area (Å²) in [4.78, 5) is 23.2. The first kappa shape index (κ1) is 24.9. The molecule has 0 aliphatic rings. The van der Waals surface area contributed by atoms with E-state index in [1.165, 1.54) is 17.1 Å². The van der Waals surface area contributed by atoms with Crippen LogP contribution in [0.25, 0.3) is 0 Å². The predicted molar refractivity (Wildman–Crippen MR) is 90.3 cm³/mol. The van der Waals surface area contributed by atoms with E-state index in [2.05, 4.69) is 6.92 Å². The molecule has 0 aliphatic heterocycles. The summed E-state index contributed by atoms with van der Waals surface area (Å²) < 4.78 is 67.7. The van der Waals surface area contributed by atoms with Crippen LogP contribution >= 0.6 is 11.8 Å². The Hall–Kier alpha value is -1.06. The van der Waals surface area contributed by atoms with Gasteiger partial charge in [0.15, 0.2) is 0 Å². The molecule has 0 heterocycles. The smallest absolute Gasteiger partial charge is 0.463 e. The fourth-order valence-corrected chi connectivity index (χ4v) is 2.49. The van der Waals surface area contributed by atoms with Crippen molar-refractivity contribution in [3.8, 4) is 0 Å². The lowest BCUT2D eigenvalue weighted by molar-refractivity contribution is -0.270. The zero-order valence-corrected chi connectivity index (χ0v) is 15.8. The van der Waals surface area contributed by atoms with Crippen LogP contribution in [-0.2, 0) is 14.3 Å². The van der Waals surface area contributed by atoms with E-state index in [-0.39, 0.29) is 18.8 Å². The number of thioether (sulfide) groups is 1. The van der Waals surface area contributed by atoms with Gasteiger partial charge in [0.2, 0.25) is 0 Å². The Kier molecular flexibility index (Phi) is 11.8. The molecule has 0 aromatic heterocycles. The number of halogens is 5. The molecular formula is C16H26F5NO3S. The quantitative estimate of drug-likeness (QED) is 0.281. The van der Waals surface area contributed by atoms with Crippen LogP contribution in [-0.4, -0.2) is 48.6 Å². The van der Waals surface area contributed by atoms with Crippen molar-refractivity contribution in [1.82, 2.24) is 5.32 Å². The summed E-state index contributed by atoms with van der Waals surface area (Å²) in [6.07, 6.45) is 1.16. The molecule has 0 aliphatic carbocycles. The van der Waals surface area contributed by atoms with Crippen molar-refractivity contribution in [3.63, 3.8) is 0 Å². The maximum absolute atomic E-state index is 13.0. The van der Waals surface area contributed by atoms with Crippen LogP contribution in [0.2, 0.25) is 0 Å². The third kappa shape index (κ3) is 9.05. The van der Waals surface area contributed by atoms with Crippen LogP contribution in [0, 0.1) is 0 Å². The first-order chi connectivity index (χ1) is 12.1. The van der Waals surface area contributed by atoms with E-state index in [0.29, 0.717) is 6.42 Å². The summed E-state index contributed by atoms with van der Waals surface area (Å²) >= 11 is 1.26. The SMILES string of the molecule is CCCCCCCCOC(=O)C(CCSC)NC(=O)C(F)(F)C(F)(F)F. The molecular weight excluding hydrogens is 381 g/mol. The Morgan fingerprint density at radius 3 is 2.15 bits per heavy atom. The van der Waals surface area contributed by atoms with Crippen molar-refractivity contribution < 1.29 is 36.3 Å². The van der Waals surface area contributed by atoms with Gasteiger partial charge in [0.25, 0.3) is 0 Å². The van der Waals surface area contributed by atoms with E-state index in [4.69, 9.17) is 4.74 Å². The van der Waals surface area contributed by atoms with Gasteiger partial charge in [0.1, 0.15) is 6.04 Å². The molecule has 1 atom stereocenters. The summed E-state index contributed by atoms with van der Waals surface area (Å²) in [5.41, 5.74) is 0. The lowest BCUT2D eigenvalue weighted by Crippen LogP contribution is -2.55. The number of carbonyl (C=O) groups is 2. The molecule has 26 heavy (non-hydrogen) atoms. The average Bonchev–Trinajstić information content (AvgIpc) is 2.56. The number of hydrogen-bond donors (Lipinski definition) is 1. The number of nitrogens with one attached hydrogen (secondary N) is 1. The average molecular weight is 407 g/mol. The molecule has 1 amide bonds. The van der Waals surface area contributed by atoms with Gasteiger partial charge in [0.05, 0.1) is 6.61 Å². The zero-order valence-electron chi connectivity index (χ0n) is 15.0. The van der Waals surface area contributed by atoms with Crippen LogP contribution in [0.5, 0.6) is 0 Å². The molecule has 154 valence electrons. The second-order valence-electron chi connectivity index (χ2n) is 5.81. The van der Waals surface area contributed by atoms with Gasteiger partial charge < -0.3 is 10.1 Å². The maximum atomic E-state index is 13.0. The van der Waals surface area contributed by atoms with Gasteiger partial charge >= 0.3 is 24.0 Å². The number of hydrogen-bond acceptors (Lipinski definition) is 4. The Morgan fingerprint density at radius 1 is 1.04 bits per heavy atom. The molecule has 1 N–H and O–H groups in total. The predicted octanol–water partition coefficient (Wildman–Crippen LogP) is 4.33. The van der Waals surface area contributed by atoms with E-state index in [9.17, 15) is 31.5 Å². The van der Waals surface area contributed by atoms with Crippen LogP contribution in [0.15, 0.2) is 0 Å². The van der Waals surface area contributed by atoms with Crippen LogP contribution < -0.4 is 5.32 Å². The molecule has 0 rings (SSSR count). The molecule has 10 heteroatoms. The van der Waals surface area contributed by atoms with Crippen LogP contribution in [0.4, 0.5) is 22.0 Å². The molecule has 4 nitrogen and oxygen atoms in total. The minimum atomic E-state index is -6.02. The number of alkyl halides is 5. The highest BCUT2D eigenvalue weighted by Gasteiger charge is 2.63. The fraction of sp³-hybridized carbons (Fsp3) is 0.875. The number of amides is 1. The van der Waals surface area contributed by atoms with E-state index in [1.54, 1.807) is 6.26 Å². The molecule has 0 fully saturated rings. The van der Waals surface area contributed by atoms with Crippen molar-refractivity contribution in [2.45, 2.75) is 70.0 Å². The first-order valence-electron chi connectivity index (χ1n) is 8.49. The number of ether oxygens (including phenoxy) is 1. The van der Waals surface area contributed by atoms with Crippen molar-refractivity contribution in [1.29, 1.82) is 0 Å². The number of rotatable bonds is 13. The second-order valence-corrected chi connectivity index (χ2v) is 6.80. The monoisotopic (exact) mass is 407 g/mol. The van der Waals surface area contributed by atoms with Gasteiger partial charge in [-0.3, -0.25) is 4.79 Å². The summed E-state index contributed by atoms with van der Waals surface area (Å²) in [7, 11) is 0. The Morgan fingerprint density at radius 2 is 1.62 bits per heavy atom. The Balaban J connectivity index is 4.54. The highest BCUT2D eigenvalue weighted by Crippen LogP contribution is 2.35. The lowest BCUT2D eigenvalue weighted by atomic mass is 10.1. The topological polar surface area (TPSA) is 55.4 Å². The van der Waals surface area contributed by atoms with Gasteiger partial charge in [-0.1, -0.05) is 39.0 Å². The zero-order chi connectivity index (χ0) is 20.2. The molecule has 0 radical (unpaired) electrons. The van der Waals surface area contributed by atoms with Gasteiger partial charge in [-0.25, -0.2) is 4.79 Å². The number of esters is 1. The number of carbonyl (C=O) groups excluding carboxylic acids is 2. The molecule has 0 saturated heterocycles. The highest BCUT2D eigenvalue weighted by molar-refractivity contribution is 7.98. The van der Waals surface area contributed by atoms with Gasteiger partial charge in [-0.2, -0.15) is 33.7 Å². The molecule has 0 bridgehead atoms. The van der Waals surface area contributed by atoms with Crippen LogP contribution in [0.1, 0.15) is 51.9 Å². The highest BCUT2D eigenvalue weighted by atomic mass is 32.2. The Labute approximate surface area is 154 Å². The fourth-order valence-electron chi connectivity index (χ4n) is 2.02. The van der Waals surface area contributed by atoms with Crippen molar-refractivity contribution in [2.75, 3.05) is 18.6 Å². The van der Waals surface area contributed by atoms with E-state index in [0.717, 1.165) is 32.1 Å². The van der Waals surface area contributed by atoms with Gasteiger partial charge in [-0.15, -0.1) is 0 Å². The minimum absolute atomic E-state index is 0.0340. The van der Waals surface area contributed by atoms with Crippen molar-refractivity contribution in [2.24, 2.45) is 0 Å². The maximum Gasteiger partial charge on any atom is 0.463 e. The van der Waals surface area contributed by atoms with Crippen molar-refractivity contribution >= 4 is 23.6 Å². The minimum Gasteiger partial charge on any atom is -0.464 e. The summed E-state index contributed by atoms with van der Waals surface area (Å²) in [5.74, 6) is -8.83. The molecule has 0 aromatic rings. The second kappa shape index (κ2) is 12.3. The largest absolute Gasteiger partial charge is 0.464 e. The molecule has 0 saturated carbocycles. The van der Waals surface area contributed by atoms with Gasteiger partial charge in [-0.05, 0) is 24.9 Å². The summed E-state index contributed by atoms with van der Waals surface area (Å²) in [6, 6.07) is -1.54. The lowest BCUT2D eigenvalue weighted by Gasteiger charge is -2.22. The van der Waals surface area contributed by atoms with E-state index in [1.807, 2.05) is 0 Å². The first-order valence-corrected chi connectivity index (χ1v) is 9.88. The molecule has 0 aromatic carbocycles. The molecule has 1 unspecified atom stereocenters. The molecule has 0 spiro atoms. The normalized spacial score (nSPS) is 13.3. The third-order valence-electron chi connectivity index (χ3n) is 3.58. The van der Waals surface area contributed by atoms with Crippen LogP contribution in [0.3, 0.4) is 0 Å². The Bertz CT molecular complexity index is 433. The van der Waals surface area contributed by atoms with Crippen molar-refractivity contribution in [3.05, 3.63) is 0 Å². The van der Waals surface area contributed by atoms with E-state index >= 15 is 0 Å². The summed E-state index contributed by atoms with van der Waals surface area (Å²) in [5, 5.41) is 1.47. The standard InChI is InChI=1S/C16H26F5NO3S/c1-3-4-5-6-7-8-10-25-13(23)12(9-11-26-2)22-14(24)15(17,18)16(19,20)21/h12H,3-11H2,1-2H3,(H,22,24). The van der Waals surface area contributed by atoms with Gasteiger partial charge in [0, 0.05) is 0 Å². The van der Waals surface area contributed by atoms with E-state index < -0.39 is 30.0 Å². The number of unbranched alkanes of at least 4 members (excludes halogenated alkanes) is 5. The summed E-state index contributed by atoms with van der Waals surface area (Å²) in [6.45, 7) is 2.11.